The SMILES string of the molecule is CCNC(=NCCNC(=O)c1cccnc1)N1CCN(C/C=C/c2ccccc2)CC1. The fourth-order valence-electron chi connectivity index (χ4n) is 3.40. The fourth-order valence-corrected chi connectivity index (χ4v) is 3.40. The van der Waals surface area contributed by atoms with Crippen molar-refractivity contribution >= 4 is 17.9 Å². The Morgan fingerprint density at radius 2 is 1.90 bits per heavy atom. The Kier molecular flexibility index (Phi) is 9.07. The number of piperazine rings is 1. The van der Waals surface area contributed by atoms with Crippen molar-refractivity contribution in [3.05, 3.63) is 72.1 Å². The molecule has 0 spiro atoms. The van der Waals surface area contributed by atoms with Crippen LogP contribution in [0.3, 0.4) is 0 Å². The highest BCUT2D eigenvalue weighted by atomic mass is 16.1. The third kappa shape index (κ3) is 7.53. The van der Waals surface area contributed by atoms with Gasteiger partial charge in [-0.25, -0.2) is 0 Å². The van der Waals surface area contributed by atoms with Crippen LogP contribution in [0.4, 0.5) is 0 Å². The molecule has 1 aliphatic rings. The second-order valence-corrected chi connectivity index (χ2v) is 7.33. The van der Waals surface area contributed by atoms with Gasteiger partial charge in [0, 0.05) is 58.2 Å². The number of rotatable bonds is 8. The van der Waals surface area contributed by atoms with Gasteiger partial charge in [0.15, 0.2) is 5.96 Å². The number of carbonyl (C=O) groups excluding carboxylic acids is 1. The first-order valence-corrected chi connectivity index (χ1v) is 10.9. The third-order valence-electron chi connectivity index (χ3n) is 5.06. The molecule has 1 aliphatic heterocycles. The van der Waals surface area contributed by atoms with Crippen molar-refractivity contribution in [1.82, 2.24) is 25.4 Å². The number of hydrogen-bond donors (Lipinski definition) is 2. The van der Waals surface area contributed by atoms with Crippen LogP contribution in [0, 0.1) is 0 Å². The van der Waals surface area contributed by atoms with E-state index in [0.29, 0.717) is 18.7 Å². The van der Waals surface area contributed by atoms with Crippen LogP contribution >= 0.6 is 0 Å². The summed E-state index contributed by atoms with van der Waals surface area (Å²) in [5, 5.41) is 6.27. The highest BCUT2D eigenvalue weighted by Gasteiger charge is 2.18. The summed E-state index contributed by atoms with van der Waals surface area (Å²) >= 11 is 0. The van der Waals surface area contributed by atoms with Gasteiger partial charge in [-0.1, -0.05) is 42.5 Å². The molecule has 164 valence electrons. The van der Waals surface area contributed by atoms with Gasteiger partial charge in [0.25, 0.3) is 5.91 Å². The zero-order chi connectivity index (χ0) is 21.7. The van der Waals surface area contributed by atoms with E-state index in [1.807, 2.05) is 6.07 Å². The van der Waals surface area contributed by atoms with Crippen LogP contribution in [0.1, 0.15) is 22.8 Å². The lowest BCUT2D eigenvalue weighted by atomic mass is 10.2. The molecule has 0 atom stereocenters. The Labute approximate surface area is 184 Å². The summed E-state index contributed by atoms with van der Waals surface area (Å²) in [4.78, 5) is 25.5. The lowest BCUT2D eigenvalue weighted by Gasteiger charge is -2.36. The molecule has 0 saturated carbocycles. The minimum absolute atomic E-state index is 0.120. The molecule has 0 unspecified atom stereocenters. The quantitative estimate of drug-likeness (QED) is 0.389. The standard InChI is InChI=1S/C24H32N6O/c1-2-26-24(28-14-13-27-23(31)22-11-6-12-25-20-22)30-18-16-29(17-19-30)15-7-10-21-8-4-3-5-9-21/h3-12,20H,2,13-19H2,1H3,(H,26,28)(H,27,31)/b10-7+. The topological polar surface area (TPSA) is 72.9 Å². The van der Waals surface area contributed by atoms with Crippen LogP contribution < -0.4 is 10.6 Å². The Bertz CT molecular complexity index is 845. The van der Waals surface area contributed by atoms with Gasteiger partial charge in [-0.05, 0) is 24.6 Å². The number of hydrogen-bond acceptors (Lipinski definition) is 4. The summed E-state index contributed by atoms with van der Waals surface area (Å²) in [7, 11) is 0. The Hall–Kier alpha value is -3.19. The van der Waals surface area contributed by atoms with E-state index in [1.54, 1.807) is 24.5 Å². The van der Waals surface area contributed by atoms with Crippen molar-refractivity contribution in [3.8, 4) is 0 Å². The van der Waals surface area contributed by atoms with Crippen LogP contribution in [-0.2, 0) is 0 Å². The van der Waals surface area contributed by atoms with Crippen LogP contribution in [-0.4, -0.2) is 79.0 Å². The molecule has 0 bridgehead atoms. The Morgan fingerprint density at radius 3 is 2.61 bits per heavy atom. The maximum absolute atomic E-state index is 12.1. The van der Waals surface area contributed by atoms with E-state index in [0.717, 1.165) is 45.2 Å². The van der Waals surface area contributed by atoms with Crippen molar-refractivity contribution in [2.45, 2.75) is 6.92 Å². The number of pyridine rings is 1. The highest BCUT2D eigenvalue weighted by molar-refractivity contribution is 5.93. The molecule has 1 aromatic heterocycles. The van der Waals surface area contributed by atoms with Gasteiger partial charge in [0.05, 0.1) is 12.1 Å². The van der Waals surface area contributed by atoms with Gasteiger partial charge >= 0.3 is 0 Å². The van der Waals surface area contributed by atoms with E-state index < -0.39 is 0 Å². The molecule has 7 nitrogen and oxygen atoms in total. The highest BCUT2D eigenvalue weighted by Crippen LogP contribution is 2.05. The smallest absolute Gasteiger partial charge is 0.252 e. The average molecular weight is 421 g/mol. The normalized spacial score (nSPS) is 15.3. The molecule has 2 heterocycles. The molecule has 1 saturated heterocycles. The van der Waals surface area contributed by atoms with Gasteiger partial charge < -0.3 is 15.5 Å². The third-order valence-corrected chi connectivity index (χ3v) is 5.06. The maximum atomic E-state index is 12.1. The second kappa shape index (κ2) is 12.5. The Morgan fingerprint density at radius 1 is 1.10 bits per heavy atom. The average Bonchev–Trinajstić information content (AvgIpc) is 2.83. The van der Waals surface area contributed by atoms with Gasteiger partial charge in [0.1, 0.15) is 0 Å². The number of carbonyl (C=O) groups is 1. The predicted molar refractivity (Wildman–Crippen MR) is 126 cm³/mol. The number of nitrogens with one attached hydrogen (secondary N) is 2. The Balaban J connectivity index is 1.41. The van der Waals surface area contributed by atoms with Crippen molar-refractivity contribution in [1.29, 1.82) is 0 Å². The number of nitrogens with zero attached hydrogens (tertiary/aromatic N) is 4. The number of amides is 1. The summed E-state index contributed by atoms with van der Waals surface area (Å²) < 4.78 is 0. The molecule has 0 aliphatic carbocycles. The molecule has 2 aromatic rings. The zero-order valence-electron chi connectivity index (χ0n) is 18.2. The largest absolute Gasteiger partial charge is 0.357 e. The fraction of sp³-hybridized carbons (Fsp3) is 0.375. The monoisotopic (exact) mass is 420 g/mol. The number of aromatic nitrogens is 1. The molecule has 1 amide bonds. The van der Waals surface area contributed by atoms with Crippen LogP contribution in [0.15, 0.2) is 65.9 Å². The minimum Gasteiger partial charge on any atom is -0.357 e. The second-order valence-electron chi connectivity index (χ2n) is 7.33. The summed E-state index contributed by atoms with van der Waals surface area (Å²) in [6.07, 6.45) is 7.63. The van der Waals surface area contributed by atoms with Gasteiger partial charge in [-0.15, -0.1) is 0 Å². The summed E-state index contributed by atoms with van der Waals surface area (Å²) in [6, 6.07) is 13.9. The van der Waals surface area contributed by atoms with Crippen molar-refractivity contribution in [3.63, 3.8) is 0 Å². The van der Waals surface area contributed by atoms with E-state index in [2.05, 4.69) is 68.8 Å². The molecular formula is C24H32N6O. The molecule has 1 aromatic carbocycles. The van der Waals surface area contributed by atoms with Crippen LogP contribution in [0.2, 0.25) is 0 Å². The molecule has 0 radical (unpaired) electrons. The molecule has 1 fully saturated rings. The lowest BCUT2D eigenvalue weighted by molar-refractivity contribution is 0.0954. The zero-order valence-corrected chi connectivity index (χ0v) is 18.2. The number of guanidine groups is 1. The summed E-state index contributed by atoms with van der Waals surface area (Å²) in [5.41, 5.74) is 1.80. The number of benzene rings is 1. The molecule has 3 rings (SSSR count). The van der Waals surface area contributed by atoms with Crippen molar-refractivity contribution < 1.29 is 4.79 Å². The predicted octanol–water partition coefficient (Wildman–Crippen LogP) is 2.11. The lowest BCUT2D eigenvalue weighted by Crippen LogP contribution is -2.52. The van der Waals surface area contributed by atoms with E-state index in [9.17, 15) is 4.79 Å². The van der Waals surface area contributed by atoms with Gasteiger partial charge in [0.2, 0.25) is 0 Å². The first kappa shape index (κ1) is 22.5. The molecular weight excluding hydrogens is 388 g/mol. The van der Waals surface area contributed by atoms with Crippen molar-refractivity contribution in [2.24, 2.45) is 4.99 Å². The maximum Gasteiger partial charge on any atom is 0.252 e. The van der Waals surface area contributed by atoms with E-state index in [-0.39, 0.29) is 5.91 Å². The van der Waals surface area contributed by atoms with Gasteiger partial charge in [-0.3, -0.25) is 19.7 Å². The summed E-state index contributed by atoms with van der Waals surface area (Å²) in [5.74, 6) is 0.795. The van der Waals surface area contributed by atoms with E-state index in [4.69, 9.17) is 4.99 Å². The number of aliphatic imine (C=N–C) groups is 1. The molecule has 31 heavy (non-hydrogen) atoms. The van der Waals surface area contributed by atoms with Crippen LogP contribution in [0.5, 0.6) is 0 Å². The minimum atomic E-state index is -0.120. The first-order chi connectivity index (χ1) is 15.3. The molecule has 7 heteroatoms. The van der Waals surface area contributed by atoms with Crippen LogP contribution in [0.25, 0.3) is 6.08 Å². The summed E-state index contributed by atoms with van der Waals surface area (Å²) in [6.45, 7) is 8.76. The van der Waals surface area contributed by atoms with E-state index >= 15 is 0 Å². The van der Waals surface area contributed by atoms with Crippen molar-refractivity contribution in [2.75, 3.05) is 52.4 Å². The van der Waals surface area contributed by atoms with Gasteiger partial charge in [-0.2, -0.15) is 0 Å². The first-order valence-electron chi connectivity index (χ1n) is 10.9. The molecule has 2 N–H and O–H groups in total. The van der Waals surface area contributed by atoms with E-state index in [1.165, 1.54) is 5.56 Å².